The molecule has 0 bridgehead atoms. The molecule has 4 N–H and O–H groups in total. The third-order valence-electron chi connectivity index (χ3n) is 2.54. The number of halogens is 3. The second kappa shape index (κ2) is 6.19. The molecule has 0 spiro atoms. The summed E-state index contributed by atoms with van der Waals surface area (Å²) >= 11 is 12.2. The van der Waals surface area contributed by atoms with E-state index in [0.717, 1.165) is 11.1 Å². The predicted molar refractivity (Wildman–Crippen MR) is 81.8 cm³/mol. The number of nitrogens with two attached hydrogens (primary N) is 2. The fourth-order valence-corrected chi connectivity index (χ4v) is 2.13. The molecule has 2 nitrogen and oxygen atoms in total. The van der Waals surface area contributed by atoms with Crippen LogP contribution in [0.1, 0.15) is 11.1 Å². The molecule has 0 aromatic heterocycles. The van der Waals surface area contributed by atoms with Crippen molar-refractivity contribution in [3.8, 4) is 0 Å². The Balaban J connectivity index is 0.00000162. The number of hydrogen-bond acceptors (Lipinski definition) is 2. The van der Waals surface area contributed by atoms with Crippen molar-refractivity contribution in [1.29, 1.82) is 0 Å². The molecule has 0 saturated heterocycles. The summed E-state index contributed by atoms with van der Waals surface area (Å²) in [5.74, 6) is 0. The van der Waals surface area contributed by atoms with E-state index in [2.05, 4.69) is 0 Å². The SMILES string of the molecule is Cl.Nc1ccc(Cc2ccc(N)cc2Cl)c(Cl)c1. The maximum absolute atomic E-state index is 6.12. The van der Waals surface area contributed by atoms with Gasteiger partial charge in [0.15, 0.2) is 0 Å². The van der Waals surface area contributed by atoms with Gasteiger partial charge >= 0.3 is 0 Å². The van der Waals surface area contributed by atoms with E-state index in [1.165, 1.54) is 0 Å². The molecule has 0 radical (unpaired) electrons. The topological polar surface area (TPSA) is 52.0 Å². The molecule has 0 aliphatic heterocycles. The minimum absolute atomic E-state index is 0. The van der Waals surface area contributed by atoms with Crippen molar-refractivity contribution < 1.29 is 0 Å². The van der Waals surface area contributed by atoms with E-state index in [1.54, 1.807) is 12.1 Å². The van der Waals surface area contributed by atoms with Crippen LogP contribution in [0.2, 0.25) is 10.0 Å². The molecule has 2 aromatic rings. The van der Waals surface area contributed by atoms with Crippen LogP contribution in [0.5, 0.6) is 0 Å². The van der Waals surface area contributed by atoms with Crippen LogP contribution in [0.4, 0.5) is 11.4 Å². The lowest BCUT2D eigenvalue weighted by molar-refractivity contribution is 1.19. The summed E-state index contributed by atoms with van der Waals surface area (Å²) in [6.45, 7) is 0. The Hall–Kier alpha value is -1.09. The summed E-state index contributed by atoms with van der Waals surface area (Å²) in [6, 6.07) is 10.9. The van der Waals surface area contributed by atoms with Crippen molar-refractivity contribution >= 4 is 47.0 Å². The van der Waals surface area contributed by atoms with E-state index in [9.17, 15) is 0 Å². The van der Waals surface area contributed by atoms with Crippen molar-refractivity contribution in [2.24, 2.45) is 0 Å². The Morgan fingerprint density at radius 3 is 1.50 bits per heavy atom. The van der Waals surface area contributed by atoms with Crippen LogP contribution in [0.15, 0.2) is 36.4 Å². The molecular formula is C13H13Cl3N2. The standard InChI is InChI=1S/C13H12Cl2N2.ClH/c14-12-6-10(16)3-1-8(12)5-9-2-4-11(17)7-13(9)15;/h1-4,6-7H,5,16-17H2;1H. The monoisotopic (exact) mass is 302 g/mol. The van der Waals surface area contributed by atoms with Gasteiger partial charge in [-0.15, -0.1) is 12.4 Å². The minimum atomic E-state index is 0. The Kier molecular flexibility index (Phi) is 5.15. The molecule has 2 aromatic carbocycles. The molecule has 0 heterocycles. The maximum Gasteiger partial charge on any atom is 0.0461 e. The molecular weight excluding hydrogens is 291 g/mol. The second-order valence-electron chi connectivity index (χ2n) is 3.88. The van der Waals surface area contributed by atoms with Crippen LogP contribution in [0, 0.1) is 0 Å². The first-order valence-electron chi connectivity index (χ1n) is 5.14. The molecule has 0 saturated carbocycles. The lowest BCUT2D eigenvalue weighted by Gasteiger charge is -2.08. The summed E-state index contributed by atoms with van der Waals surface area (Å²) in [4.78, 5) is 0. The minimum Gasteiger partial charge on any atom is -0.399 e. The van der Waals surface area contributed by atoms with E-state index in [0.29, 0.717) is 27.8 Å². The van der Waals surface area contributed by atoms with E-state index in [-0.39, 0.29) is 12.4 Å². The van der Waals surface area contributed by atoms with Gasteiger partial charge in [-0.2, -0.15) is 0 Å². The van der Waals surface area contributed by atoms with Crippen molar-refractivity contribution in [3.63, 3.8) is 0 Å². The number of nitrogen functional groups attached to an aromatic ring is 2. The van der Waals surface area contributed by atoms with Crippen LogP contribution < -0.4 is 11.5 Å². The summed E-state index contributed by atoms with van der Waals surface area (Å²) in [6.07, 6.45) is 0.665. The molecule has 0 unspecified atom stereocenters. The predicted octanol–water partition coefficient (Wildman–Crippen LogP) is 4.17. The van der Waals surface area contributed by atoms with Crippen molar-refractivity contribution in [2.45, 2.75) is 6.42 Å². The van der Waals surface area contributed by atoms with Gasteiger partial charge in [-0.05, 0) is 35.4 Å². The normalized spacial score (nSPS) is 9.89. The van der Waals surface area contributed by atoms with Crippen molar-refractivity contribution in [1.82, 2.24) is 0 Å². The summed E-state index contributed by atoms with van der Waals surface area (Å²) < 4.78 is 0. The Morgan fingerprint density at radius 2 is 1.17 bits per heavy atom. The highest BCUT2D eigenvalue weighted by molar-refractivity contribution is 6.32. The van der Waals surface area contributed by atoms with Gasteiger partial charge in [0.1, 0.15) is 0 Å². The average molecular weight is 304 g/mol. The summed E-state index contributed by atoms with van der Waals surface area (Å²) in [5, 5.41) is 1.30. The molecule has 96 valence electrons. The van der Waals surface area contributed by atoms with Gasteiger partial charge in [0.25, 0.3) is 0 Å². The van der Waals surface area contributed by atoms with Crippen LogP contribution in [-0.4, -0.2) is 0 Å². The van der Waals surface area contributed by atoms with Crippen molar-refractivity contribution in [2.75, 3.05) is 11.5 Å². The molecule has 0 amide bonds. The van der Waals surface area contributed by atoms with Crippen LogP contribution in [0.3, 0.4) is 0 Å². The number of rotatable bonds is 2. The first-order chi connectivity index (χ1) is 8.06. The molecule has 2 rings (SSSR count). The van der Waals surface area contributed by atoms with Gasteiger partial charge in [0, 0.05) is 27.8 Å². The molecule has 0 aliphatic rings. The van der Waals surface area contributed by atoms with Gasteiger partial charge in [0.05, 0.1) is 0 Å². The molecule has 18 heavy (non-hydrogen) atoms. The van der Waals surface area contributed by atoms with Gasteiger partial charge in [-0.1, -0.05) is 35.3 Å². The average Bonchev–Trinajstić information content (AvgIpc) is 2.25. The van der Waals surface area contributed by atoms with Crippen LogP contribution in [-0.2, 0) is 6.42 Å². The second-order valence-corrected chi connectivity index (χ2v) is 4.69. The lowest BCUT2D eigenvalue weighted by Crippen LogP contribution is -1.94. The highest BCUT2D eigenvalue weighted by atomic mass is 35.5. The molecule has 5 heteroatoms. The zero-order chi connectivity index (χ0) is 12.4. The highest BCUT2D eigenvalue weighted by Gasteiger charge is 2.06. The molecule has 0 atom stereocenters. The van der Waals surface area contributed by atoms with Gasteiger partial charge in [-0.3, -0.25) is 0 Å². The van der Waals surface area contributed by atoms with Gasteiger partial charge in [-0.25, -0.2) is 0 Å². The van der Waals surface area contributed by atoms with Crippen molar-refractivity contribution in [3.05, 3.63) is 57.6 Å². The third-order valence-corrected chi connectivity index (χ3v) is 3.24. The van der Waals surface area contributed by atoms with E-state index < -0.39 is 0 Å². The van der Waals surface area contributed by atoms with Gasteiger partial charge in [0.2, 0.25) is 0 Å². The number of hydrogen-bond donors (Lipinski definition) is 2. The zero-order valence-electron chi connectivity index (χ0n) is 9.49. The van der Waals surface area contributed by atoms with E-state index in [1.807, 2.05) is 24.3 Å². The van der Waals surface area contributed by atoms with Gasteiger partial charge < -0.3 is 11.5 Å². The largest absolute Gasteiger partial charge is 0.399 e. The smallest absolute Gasteiger partial charge is 0.0461 e. The molecule has 0 aliphatic carbocycles. The summed E-state index contributed by atoms with van der Waals surface area (Å²) in [5.41, 5.74) is 14.6. The number of anilines is 2. The first kappa shape index (κ1) is 15.0. The Labute approximate surface area is 122 Å². The Morgan fingerprint density at radius 1 is 0.778 bits per heavy atom. The number of benzene rings is 2. The zero-order valence-corrected chi connectivity index (χ0v) is 11.8. The fraction of sp³-hybridized carbons (Fsp3) is 0.0769. The van der Waals surface area contributed by atoms with Crippen LogP contribution >= 0.6 is 35.6 Å². The third kappa shape index (κ3) is 3.45. The van der Waals surface area contributed by atoms with Crippen LogP contribution in [0.25, 0.3) is 0 Å². The highest BCUT2D eigenvalue weighted by Crippen LogP contribution is 2.26. The maximum atomic E-state index is 6.12. The fourth-order valence-electron chi connectivity index (χ4n) is 1.62. The first-order valence-corrected chi connectivity index (χ1v) is 5.89. The Bertz CT molecular complexity index is 506. The summed E-state index contributed by atoms with van der Waals surface area (Å²) in [7, 11) is 0. The lowest BCUT2D eigenvalue weighted by atomic mass is 10.0. The molecule has 0 fully saturated rings. The quantitative estimate of drug-likeness (QED) is 0.818. The van der Waals surface area contributed by atoms with E-state index >= 15 is 0 Å². The van der Waals surface area contributed by atoms with E-state index in [4.69, 9.17) is 34.7 Å².